The van der Waals surface area contributed by atoms with Crippen LogP contribution in [0, 0.1) is 0 Å². The third-order valence-corrected chi connectivity index (χ3v) is 4.48. The lowest BCUT2D eigenvalue weighted by molar-refractivity contribution is -0.121. The Balaban J connectivity index is 1.66. The Morgan fingerprint density at radius 3 is 2.57 bits per heavy atom. The molecule has 1 aromatic carbocycles. The second-order valence-electron chi connectivity index (χ2n) is 7.05. The zero-order valence-corrected chi connectivity index (χ0v) is 14.4. The van der Waals surface area contributed by atoms with E-state index in [0.29, 0.717) is 10.8 Å². The van der Waals surface area contributed by atoms with Gasteiger partial charge in [0.05, 0.1) is 18.2 Å². The monoisotopic (exact) mass is 332 g/mol. The highest BCUT2D eigenvalue weighted by Gasteiger charge is 2.34. The van der Waals surface area contributed by atoms with Crippen LogP contribution in [0.4, 0.5) is 5.69 Å². The Kier molecular flexibility index (Phi) is 4.19. The highest BCUT2D eigenvalue weighted by Crippen LogP contribution is 2.29. The number of carbonyl (C=O) groups excluding carboxylic acids is 1. The lowest BCUT2D eigenvalue weighted by Gasteiger charge is -2.41. The molecule has 4 nitrogen and oxygen atoms in total. The first-order chi connectivity index (χ1) is 10.8. The number of Topliss-reactive ketones (excluding diaryl/α,β-unsaturated/α-hetero) is 1. The van der Waals surface area contributed by atoms with Gasteiger partial charge in [0.15, 0.2) is 5.78 Å². The topological polar surface area (TPSA) is 46.3 Å². The molecular formula is C18H21ClN2O2. The summed E-state index contributed by atoms with van der Waals surface area (Å²) in [6.45, 7) is 7.11. The fourth-order valence-corrected chi connectivity index (χ4v) is 2.83. The largest absolute Gasteiger partial charge is 0.361 e. The summed E-state index contributed by atoms with van der Waals surface area (Å²) in [5.74, 6) is 0.811. The van der Waals surface area contributed by atoms with Crippen molar-refractivity contribution < 1.29 is 9.32 Å². The Hall–Kier alpha value is -1.81. The minimum absolute atomic E-state index is 0.0728. The molecular weight excluding hydrogens is 312 g/mol. The molecule has 0 saturated carbocycles. The van der Waals surface area contributed by atoms with Crippen molar-refractivity contribution in [3.05, 3.63) is 46.8 Å². The molecule has 0 bridgehead atoms. The first-order valence-corrected chi connectivity index (χ1v) is 8.23. The number of halogens is 1. The van der Waals surface area contributed by atoms with Crippen LogP contribution in [0.25, 0.3) is 0 Å². The summed E-state index contributed by atoms with van der Waals surface area (Å²) in [6.07, 6.45) is 1.17. The van der Waals surface area contributed by atoms with Crippen molar-refractivity contribution in [2.75, 3.05) is 11.4 Å². The second-order valence-corrected chi connectivity index (χ2v) is 7.48. The van der Waals surface area contributed by atoms with Crippen LogP contribution >= 0.6 is 11.6 Å². The van der Waals surface area contributed by atoms with Gasteiger partial charge in [-0.1, -0.05) is 37.5 Å². The standard InChI is InChI=1S/C18H21ClN2O2/c1-18(2,3)17-11-14(23-20-17)10-16(22)15-8-9-21(15)13-6-4-12(19)5-7-13/h4-7,11,15H,8-10H2,1-3H3/t15-/m0/s1. The lowest BCUT2D eigenvalue weighted by Crippen LogP contribution is -2.53. The summed E-state index contributed by atoms with van der Waals surface area (Å²) in [4.78, 5) is 14.7. The number of aromatic nitrogens is 1. The van der Waals surface area contributed by atoms with E-state index in [1.807, 2.05) is 30.3 Å². The molecule has 23 heavy (non-hydrogen) atoms. The molecule has 0 aliphatic carbocycles. The van der Waals surface area contributed by atoms with E-state index in [9.17, 15) is 4.79 Å². The predicted octanol–water partition coefficient (Wildman–Crippen LogP) is 4.02. The van der Waals surface area contributed by atoms with E-state index in [1.54, 1.807) is 0 Å². The van der Waals surface area contributed by atoms with Crippen molar-refractivity contribution in [1.82, 2.24) is 5.16 Å². The third kappa shape index (κ3) is 3.42. The Bertz CT molecular complexity index is 701. The molecule has 0 N–H and O–H groups in total. The molecule has 1 aliphatic heterocycles. The minimum Gasteiger partial charge on any atom is -0.361 e. The molecule has 1 aromatic heterocycles. The van der Waals surface area contributed by atoms with Crippen LogP contribution in [0.2, 0.25) is 5.02 Å². The van der Waals surface area contributed by atoms with Crippen LogP contribution in [0.15, 0.2) is 34.9 Å². The SMILES string of the molecule is CC(C)(C)c1cc(CC(=O)[C@@H]2CCN2c2ccc(Cl)cc2)on1. The smallest absolute Gasteiger partial charge is 0.162 e. The maximum atomic E-state index is 12.5. The molecule has 5 heteroatoms. The van der Waals surface area contributed by atoms with E-state index >= 15 is 0 Å². The summed E-state index contributed by atoms with van der Waals surface area (Å²) in [6, 6.07) is 9.41. The normalized spacial score (nSPS) is 17.9. The fraction of sp³-hybridized carbons (Fsp3) is 0.444. The van der Waals surface area contributed by atoms with Crippen molar-refractivity contribution in [2.24, 2.45) is 0 Å². The number of ketones is 1. The first kappa shape index (κ1) is 16.1. The van der Waals surface area contributed by atoms with Gasteiger partial charge in [0, 0.05) is 28.7 Å². The predicted molar refractivity (Wildman–Crippen MR) is 91.1 cm³/mol. The van der Waals surface area contributed by atoms with Gasteiger partial charge in [-0.2, -0.15) is 0 Å². The highest BCUT2D eigenvalue weighted by molar-refractivity contribution is 6.30. The van der Waals surface area contributed by atoms with Crippen molar-refractivity contribution in [3.8, 4) is 0 Å². The Morgan fingerprint density at radius 1 is 1.35 bits per heavy atom. The van der Waals surface area contributed by atoms with Crippen molar-refractivity contribution >= 4 is 23.1 Å². The summed E-state index contributed by atoms with van der Waals surface area (Å²) >= 11 is 5.92. The summed E-state index contributed by atoms with van der Waals surface area (Å²) in [7, 11) is 0. The first-order valence-electron chi connectivity index (χ1n) is 7.85. The van der Waals surface area contributed by atoms with E-state index in [2.05, 4.69) is 30.8 Å². The summed E-state index contributed by atoms with van der Waals surface area (Å²) in [5, 5.41) is 4.78. The maximum Gasteiger partial charge on any atom is 0.162 e. The number of hydrogen-bond donors (Lipinski definition) is 0. The number of benzene rings is 1. The number of hydrogen-bond acceptors (Lipinski definition) is 4. The average molecular weight is 333 g/mol. The van der Waals surface area contributed by atoms with Crippen LogP contribution in [-0.2, 0) is 16.6 Å². The highest BCUT2D eigenvalue weighted by atomic mass is 35.5. The van der Waals surface area contributed by atoms with E-state index in [-0.39, 0.29) is 23.7 Å². The van der Waals surface area contributed by atoms with Gasteiger partial charge in [0.25, 0.3) is 0 Å². The quantitative estimate of drug-likeness (QED) is 0.848. The van der Waals surface area contributed by atoms with Crippen LogP contribution in [-0.4, -0.2) is 23.5 Å². The van der Waals surface area contributed by atoms with Gasteiger partial charge >= 0.3 is 0 Å². The van der Waals surface area contributed by atoms with Gasteiger partial charge < -0.3 is 9.42 Å². The molecule has 1 atom stereocenters. The van der Waals surface area contributed by atoms with Crippen LogP contribution in [0.1, 0.15) is 38.6 Å². The average Bonchev–Trinajstić information content (AvgIpc) is 2.88. The zero-order chi connectivity index (χ0) is 16.6. The van der Waals surface area contributed by atoms with Gasteiger partial charge in [-0.25, -0.2) is 0 Å². The molecule has 0 amide bonds. The van der Waals surface area contributed by atoms with Gasteiger partial charge in [0.2, 0.25) is 0 Å². The second kappa shape index (κ2) is 6.00. The van der Waals surface area contributed by atoms with Gasteiger partial charge in [-0.15, -0.1) is 0 Å². The molecule has 122 valence electrons. The van der Waals surface area contributed by atoms with Crippen LogP contribution in [0.5, 0.6) is 0 Å². The molecule has 1 fully saturated rings. The molecule has 0 radical (unpaired) electrons. The Morgan fingerprint density at radius 2 is 2.04 bits per heavy atom. The summed E-state index contributed by atoms with van der Waals surface area (Å²) < 4.78 is 5.33. The molecule has 2 heterocycles. The fourth-order valence-electron chi connectivity index (χ4n) is 2.70. The minimum atomic E-state index is -0.0839. The number of anilines is 1. The molecule has 1 saturated heterocycles. The third-order valence-electron chi connectivity index (χ3n) is 4.23. The Labute approximate surface area is 141 Å². The van der Waals surface area contributed by atoms with Gasteiger partial charge in [-0.05, 0) is 30.7 Å². The van der Waals surface area contributed by atoms with E-state index in [0.717, 1.165) is 24.3 Å². The van der Waals surface area contributed by atoms with E-state index < -0.39 is 0 Å². The molecule has 1 aliphatic rings. The van der Waals surface area contributed by atoms with Crippen molar-refractivity contribution in [2.45, 2.75) is 45.1 Å². The number of nitrogens with zero attached hydrogens (tertiary/aromatic N) is 2. The van der Waals surface area contributed by atoms with Crippen LogP contribution in [0.3, 0.4) is 0 Å². The van der Waals surface area contributed by atoms with Gasteiger partial charge in [-0.3, -0.25) is 4.79 Å². The van der Waals surface area contributed by atoms with Gasteiger partial charge in [0.1, 0.15) is 5.76 Å². The number of carbonyl (C=O) groups is 1. The van der Waals surface area contributed by atoms with E-state index in [4.69, 9.17) is 16.1 Å². The molecule has 0 unspecified atom stereocenters. The van der Waals surface area contributed by atoms with Crippen molar-refractivity contribution in [3.63, 3.8) is 0 Å². The zero-order valence-electron chi connectivity index (χ0n) is 13.7. The lowest BCUT2D eigenvalue weighted by atomic mass is 9.91. The van der Waals surface area contributed by atoms with Crippen LogP contribution < -0.4 is 4.90 Å². The van der Waals surface area contributed by atoms with E-state index in [1.165, 1.54) is 0 Å². The molecule has 0 spiro atoms. The maximum absolute atomic E-state index is 12.5. The molecule has 3 rings (SSSR count). The van der Waals surface area contributed by atoms with Crippen molar-refractivity contribution in [1.29, 1.82) is 0 Å². The molecule has 2 aromatic rings. The summed E-state index contributed by atoms with van der Waals surface area (Å²) in [5.41, 5.74) is 1.84. The number of rotatable bonds is 4.